The summed E-state index contributed by atoms with van der Waals surface area (Å²) in [6.45, 7) is 1.36. The molecular formula is C11H12ClNO3. The molecule has 1 aromatic carbocycles. The molecule has 5 heteroatoms. The van der Waals surface area contributed by atoms with Gasteiger partial charge in [-0.05, 0) is 25.1 Å². The number of nitrogen functional groups attached to an aromatic ring is 1. The molecular weight excluding hydrogens is 230 g/mol. The largest absolute Gasteiger partial charge is 0.465 e. The zero-order valence-corrected chi connectivity index (χ0v) is 9.75. The summed E-state index contributed by atoms with van der Waals surface area (Å²) in [5, 5.41) is -0.843. The zero-order valence-electron chi connectivity index (χ0n) is 8.99. The Kier molecular flexibility index (Phi) is 3.90. The zero-order chi connectivity index (χ0) is 12.3. The van der Waals surface area contributed by atoms with Crippen LogP contribution in [-0.4, -0.2) is 18.9 Å². The summed E-state index contributed by atoms with van der Waals surface area (Å²) in [6, 6.07) is 4.52. The van der Waals surface area contributed by atoms with Crippen molar-refractivity contribution in [2.24, 2.45) is 0 Å². The first-order valence-electron chi connectivity index (χ1n) is 4.59. The third kappa shape index (κ3) is 2.52. The SMILES string of the molecule is COC(=O)c1ccc(N)c(C(Cl)C(C)=O)c1. The van der Waals surface area contributed by atoms with Crippen LogP contribution in [0.3, 0.4) is 0 Å². The normalized spacial score (nSPS) is 11.9. The topological polar surface area (TPSA) is 69.4 Å². The number of rotatable bonds is 3. The third-order valence-electron chi connectivity index (χ3n) is 2.14. The summed E-state index contributed by atoms with van der Waals surface area (Å²) < 4.78 is 4.56. The Morgan fingerprint density at radius 2 is 2.06 bits per heavy atom. The quantitative estimate of drug-likeness (QED) is 0.499. The van der Waals surface area contributed by atoms with E-state index in [-0.39, 0.29) is 5.78 Å². The molecule has 0 bridgehead atoms. The number of methoxy groups -OCH3 is 1. The van der Waals surface area contributed by atoms with E-state index in [1.165, 1.54) is 32.2 Å². The average Bonchev–Trinajstić information content (AvgIpc) is 2.27. The Labute approximate surface area is 98.3 Å². The molecule has 0 aliphatic rings. The van der Waals surface area contributed by atoms with E-state index in [1.54, 1.807) is 0 Å². The maximum Gasteiger partial charge on any atom is 0.337 e. The highest BCUT2D eigenvalue weighted by atomic mass is 35.5. The van der Waals surface area contributed by atoms with Crippen molar-refractivity contribution in [1.29, 1.82) is 0 Å². The second-order valence-electron chi connectivity index (χ2n) is 3.31. The van der Waals surface area contributed by atoms with E-state index < -0.39 is 11.3 Å². The Balaban J connectivity index is 3.18. The van der Waals surface area contributed by atoms with Gasteiger partial charge in [-0.25, -0.2) is 4.79 Å². The lowest BCUT2D eigenvalue weighted by atomic mass is 10.0. The van der Waals surface area contributed by atoms with Gasteiger partial charge in [-0.15, -0.1) is 11.6 Å². The Morgan fingerprint density at radius 3 is 2.56 bits per heavy atom. The van der Waals surface area contributed by atoms with Crippen LogP contribution in [0.2, 0.25) is 0 Å². The fraction of sp³-hybridized carbons (Fsp3) is 0.273. The third-order valence-corrected chi connectivity index (χ3v) is 2.68. The highest BCUT2D eigenvalue weighted by molar-refractivity contribution is 6.31. The number of alkyl halides is 1. The number of hydrogen-bond donors (Lipinski definition) is 1. The monoisotopic (exact) mass is 241 g/mol. The predicted octanol–water partition coefficient (Wildman–Crippen LogP) is 1.92. The van der Waals surface area contributed by atoms with Gasteiger partial charge in [0.25, 0.3) is 0 Å². The molecule has 0 heterocycles. The summed E-state index contributed by atoms with van der Waals surface area (Å²) in [5.41, 5.74) is 6.80. The molecule has 0 radical (unpaired) electrons. The van der Waals surface area contributed by atoms with E-state index in [0.717, 1.165) is 0 Å². The first-order valence-corrected chi connectivity index (χ1v) is 5.03. The van der Waals surface area contributed by atoms with Gasteiger partial charge >= 0.3 is 5.97 Å². The van der Waals surface area contributed by atoms with E-state index in [9.17, 15) is 9.59 Å². The number of Topliss-reactive ketones (excluding diaryl/α,β-unsaturated/α-hetero) is 1. The first-order chi connectivity index (χ1) is 7.47. The molecule has 1 atom stereocenters. The number of benzene rings is 1. The molecule has 86 valence electrons. The second-order valence-corrected chi connectivity index (χ2v) is 3.74. The second kappa shape index (κ2) is 4.99. The molecule has 1 aromatic rings. The van der Waals surface area contributed by atoms with Crippen molar-refractivity contribution < 1.29 is 14.3 Å². The van der Waals surface area contributed by atoms with Crippen molar-refractivity contribution in [1.82, 2.24) is 0 Å². The molecule has 0 fully saturated rings. The van der Waals surface area contributed by atoms with Crippen LogP contribution >= 0.6 is 11.6 Å². The maximum absolute atomic E-state index is 11.3. The van der Waals surface area contributed by atoms with Crippen molar-refractivity contribution in [2.75, 3.05) is 12.8 Å². The van der Waals surface area contributed by atoms with Crippen molar-refractivity contribution in [3.05, 3.63) is 29.3 Å². The van der Waals surface area contributed by atoms with Crippen molar-refractivity contribution >= 4 is 29.0 Å². The van der Waals surface area contributed by atoms with Crippen LogP contribution < -0.4 is 5.73 Å². The van der Waals surface area contributed by atoms with Crippen LogP contribution in [-0.2, 0) is 9.53 Å². The van der Waals surface area contributed by atoms with Crippen molar-refractivity contribution in [3.8, 4) is 0 Å². The van der Waals surface area contributed by atoms with Crippen molar-refractivity contribution in [3.63, 3.8) is 0 Å². The molecule has 2 N–H and O–H groups in total. The minimum Gasteiger partial charge on any atom is -0.465 e. The van der Waals surface area contributed by atoms with Gasteiger partial charge in [0.1, 0.15) is 5.38 Å². The number of ketones is 1. The number of carbonyl (C=O) groups is 2. The summed E-state index contributed by atoms with van der Waals surface area (Å²) in [7, 11) is 1.28. The highest BCUT2D eigenvalue weighted by Gasteiger charge is 2.18. The van der Waals surface area contributed by atoms with Gasteiger partial charge in [-0.2, -0.15) is 0 Å². The molecule has 0 aliphatic heterocycles. The molecule has 0 amide bonds. The summed E-state index contributed by atoms with van der Waals surface area (Å²) in [6.07, 6.45) is 0. The maximum atomic E-state index is 11.3. The Morgan fingerprint density at radius 1 is 1.44 bits per heavy atom. The van der Waals surface area contributed by atoms with Gasteiger partial charge in [-0.3, -0.25) is 4.79 Å². The molecule has 1 rings (SSSR count). The standard InChI is InChI=1S/C11H12ClNO3/c1-6(14)10(12)8-5-7(11(15)16-2)3-4-9(8)13/h3-5,10H,13H2,1-2H3. The summed E-state index contributed by atoms with van der Waals surface area (Å²) in [4.78, 5) is 22.4. The number of esters is 1. The van der Waals surface area contributed by atoms with Crippen LogP contribution in [0.1, 0.15) is 28.2 Å². The summed E-state index contributed by atoms with van der Waals surface area (Å²) in [5.74, 6) is -0.718. The molecule has 0 aliphatic carbocycles. The molecule has 16 heavy (non-hydrogen) atoms. The Hall–Kier alpha value is -1.55. The van der Waals surface area contributed by atoms with Crippen LogP contribution in [0.25, 0.3) is 0 Å². The minimum absolute atomic E-state index is 0.226. The van der Waals surface area contributed by atoms with Gasteiger partial charge < -0.3 is 10.5 Å². The number of anilines is 1. The van der Waals surface area contributed by atoms with E-state index in [1.807, 2.05) is 0 Å². The van der Waals surface area contributed by atoms with Gasteiger partial charge in [0.15, 0.2) is 5.78 Å². The number of carbonyl (C=O) groups excluding carboxylic acids is 2. The molecule has 0 saturated carbocycles. The van der Waals surface area contributed by atoms with Crippen LogP contribution in [0.4, 0.5) is 5.69 Å². The number of nitrogens with two attached hydrogens (primary N) is 1. The molecule has 0 aromatic heterocycles. The van der Waals surface area contributed by atoms with E-state index in [2.05, 4.69) is 4.74 Å². The molecule has 0 spiro atoms. The minimum atomic E-state index is -0.843. The van der Waals surface area contributed by atoms with Crippen LogP contribution in [0.5, 0.6) is 0 Å². The van der Waals surface area contributed by atoms with Crippen LogP contribution in [0, 0.1) is 0 Å². The smallest absolute Gasteiger partial charge is 0.337 e. The fourth-order valence-corrected chi connectivity index (χ4v) is 1.45. The number of halogens is 1. The van der Waals surface area contributed by atoms with Gasteiger partial charge in [0.2, 0.25) is 0 Å². The lowest BCUT2D eigenvalue weighted by Gasteiger charge is -2.10. The fourth-order valence-electron chi connectivity index (χ4n) is 1.26. The van der Waals surface area contributed by atoms with Crippen LogP contribution in [0.15, 0.2) is 18.2 Å². The average molecular weight is 242 g/mol. The lowest BCUT2D eigenvalue weighted by Crippen LogP contribution is -2.08. The van der Waals surface area contributed by atoms with E-state index >= 15 is 0 Å². The Bertz CT molecular complexity index is 431. The van der Waals surface area contributed by atoms with E-state index in [0.29, 0.717) is 16.8 Å². The van der Waals surface area contributed by atoms with E-state index in [4.69, 9.17) is 17.3 Å². The number of hydrogen-bond acceptors (Lipinski definition) is 4. The molecule has 4 nitrogen and oxygen atoms in total. The van der Waals surface area contributed by atoms with Gasteiger partial charge in [-0.1, -0.05) is 0 Å². The van der Waals surface area contributed by atoms with Crippen molar-refractivity contribution in [2.45, 2.75) is 12.3 Å². The molecule has 1 unspecified atom stereocenters. The highest BCUT2D eigenvalue weighted by Crippen LogP contribution is 2.28. The lowest BCUT2D eigenvalue weighted by molar-refractivity contribution is -0.116. The first kappa shape index (κ1) is 12.5. The summed E-state index contributed by atoms with van der Waals surface area (Å²) >= 11 is 5.88. The van der Waals surface area contributed by atoms with Gasteiger partial charge in [0, 0.05) is 11.3 Å². The predicted molar refractivity (Wildman–Crippen MR) is 61.5 cm³/mol. The number of ether oxygens (including phenoxy) is 1. The van der Waals surface area contributed by atoms with Gasteiger partial charge in [0.05, 0.1) is 12.7 Å². The molecule has 0 saturated heterocycles.